The first-order valence-electron chi connectivity index (χ1n) is 5.79. The van der Waals surface area contributed by atoms with E-state index in [1.54, 1.807) is 20.1 Å². The largest absolute Gasteiger partial charge is 0.497 e. The van der Waals surface area contributed by atoms with E-state index >= 15 is 0 Å². The van der Waals surface area contributed by atoms with Gasteiger partial charge in [-0.25, -0.2) is 14.8 Å². The summed E-state index contributed by atoms with van der Waals surface area (Å²) in [7, 11) is 1.61. The number of aromatic carboxylic acids is 1. The number of aryl methyl sites for hydroxylation is 1. The van der Waals surface area contributed by atoms with Gasteiger partial charge in [0.2, 0.25) is 5.82 Å². The molecule has 98 valence electrons. The Kier molecular flexibility index (Phi) is 3.75. The minimum Gasteiger partial charge on any atom is -0.497 e. The summed E-state index contributed by atoms with van der Waals surface area (Å²) in [5, 5.41) is 8.93. The van der Waals surface area contributed by atoms with Crippen molar-refractivity contribution in [3.05, 3.63) is 53.1 Å². The fraction of sp³-hybridized carbons (Fsp3) is 0.214. The average Bonchev–Trinajstić information content (AvgIpc) is 2.39. The molecule has 1 heterocycles. The number of methoxy groups -OCH3 is 1. The summed E-state index contributed by atoms with van der Waals surface area (Å²) in [6.45, 7) is 1.76. The molecule has 0 atom stereocenters. The van der Waals surface area contributed by atoms with Crippen molar-refractivity contribution in [2.24, 2.45) is 0 Å². The van der Waals surface area contributed by atoms with Crippen LogP contribution in [0.5, 0.6) is 5.75 Å². The Balaban J connectivity index is 2.24. The van der Waals surface area contributed by atoms with Gasteiger partial charge < -0.3 is 9.84 Å². The molecule has 0 unspecified atom stereocenters. The van der Waals surface area contributed by atoms with E-state index < -0.39 is 5.97 Å². The molecule has 1 N–H and O–H groups in total. The summed E-state index contributed by atoms with van der Waals surface area (Å²) < 4.78 is 5.09. The minimum absolute atomic E-state index is 0.163. The highest BCUT2D eigenvalue weighted by Crippen LogP contribution is 2.14. The lowest BCUT2D eigenvalue weighted by molar-refractivity contribution is 0.0682. The van der Waals surface area contributed by atoms with Crippen LogP contribution in [0.1, 0.15) is 27.6 Å². The summed E-state index contributed by atoms with van der Waals surface area (Å²) in [4.78, 5) is 18.8. The summed E-state index contributed by atoms with van der Waals surface area (Å²) in [5.41, 5.74) is 2.38. The van der Waals surface area contributed by atoms with E-state index in [1.807, 2.05) is 24.3 Å². The van der Waals surface area contributed by atoms with Gasteiger partial charge in [0.05, 0.1) is 7.11 Å². The third-order valence-corrected chi connectivity index (χ3v) is 2.64. The number of carbonyl (C=O) groups is 1. The van der Waals surface area contributed by atoms with Crippen LogP contribution in [0.2, 0.25) is 0 Å². The van der Waals surface area contributed by atoms with Gasteiger partial charge in [-0.05, 0) is 30.7 Å². The molecule has 5 nitrogen and oxygen atoms in total. The zero-order valence-electron chi connectivity index (χ0n) is 10.8. The molecule has 1 aromatic heterocycles. The standard InChI is InChI=1S/C14H14N2O3/c1-9-7-11(16-13(15-9)14(17)18)8-10-3-5-12(19-2)6-4-10/h3-7H,8H2,1-2H3,(H,17,18). The average molecular weight is 258 g/mol. The smallest absolute Gasteiger partial charge is 0.373 e. The Morgan fingerprint density at radius 2 is 1.95 bits per heavy atom. The van der Waals surface area contributed by atoms with E-state index in [-0.39, 0.29) is 5.82 Å². The number of benzene rings is 1. The summed E-state index contributed by atoms with van der Waals surface area (Å²) in [5.74, 6) is -0.489. The van der Waals surface area contributed by atoms with Crippen molar-refractivity contribution in [2.45, 2.75) is 13.3 Å². The van der Waals surface area contributed by atoms with Crippen molar-refractivity contribution >= 4 is 5.97 Å². The van der Waals surface area contributed by atoms with Crippen LogP contribution in [0.15, 0.2) is 30.3 Å². The highest BCUT2D eigenvalue weighted by molar-refractivity contribution is 5.83. The first-order valence-corrected chi connectivity index (χ1v) is 5.79. The number of hydrogen-bond acceptors (Lipinski definition) is 4. The number of nitrogens with zero attached hydrogens (tertiary/aromatic N) is 2. The van der Waals surface area contributed by atoms with Crippen LogP contribution in [-0.2, 0) is 6.42 Å². The fourth-order valence-corrected chi connectivity index (χ4v) is 1.77. The Labute approximate surface area is 110 Å². The molecule has 19 heavy (non-hydrogen) atoms. The SMILES string of the molecule is COc1ccc(Cc2cc(C)nc(C(=O)O)n2)cc1. The van der Waals surface area contributed by atoms with E-state index in [4.69, 9.17) is 9.84 Å². The maximum absolute atomic E-state index is 10.9. The first-order chi connectivity index (χ1) is 9.08. The molecule has 1 aromatic carbocycles. The van der Waals surface area contributed by atoms with Gasteiger partial charge in [-0.3, -0.25) is 0 Å². The second-order valence-corrected chi connectivity index (χ2v) is 4.15. The molecule has 0 aliphatic carbocycles. The third-order valence-electron chi connectivity index (χ3n) is 2.64. The predicted molar refractivity (Wildman–Crippen MR) is 69.5 cm³/mol. The van der Waals surface area contributed by atoms with Gasteiger partial charge in [0.1, 0.15) is 5.75 Å². The lowest BCUT2D eigenvalue weighted by Gasteiger charge is -2.05. The molecular formula is C14H14N2O3. The monoisotopic (exact) mass is 258 g/mol. The van der Waals surface area contributed by atoms with Crippen molar-refractivity contribution in [3.8, 4) is 5.75 Å². The van der Waals surface area contributed by atoms with Gasteiger partial charge in [0.15, 0.2) is 0 Å². The van der Waals surface area contributed by atoms with Crippen molar-refractivity contribution in [2.75, 3.05) is 7.11 Å². The second-order valence-electron chi connectivity index (χ2n) is 4.15. The molecule has 5 heteroatoms. The topological polar surface area (TPSA) is 72.3 Å². The molecule has 0 fully saturated rings. The molecule has 0 aliphatic rings. The summed E-state index contributed by atoms with van der Waals surface area (Å²) in [6, 6.07) is 9.37. The van der Waals surface area contributed by atoms with Gasteiger partial charge in [-0.1, -0.05) is 12.1 Å². The van der Waals surface area contributed by atoms with Crippen LogP contribution < -0.4 is 4.74 Å². The fourth-order valence-electron chi connectivity index (χ4n) is 1.77. The van der Waals surface area contributed by atoms with Gasteiger partial charge in [-0.15, -0.1) is 0 Å². The predicted octanol–water partition coefficient (Wildman–Crippen LogP) is 2.08. The molecular weight excluding hydrogens is 244 g/mol. The maximum Gasteiger partial charge on any atom is 0.373 e. The molecule has 0 saturated carbocycles. The van der Waals surface area contributed by atoms with Crippen LogP contribution in [-0.4, -0.2) is 28.2 Å². The molecule has 0 amide bonds. The summed E-state index contributed by atoms with van der Waals surface area (Å²) >= 11 is 0. The molecule has 0 spiro atoms. The molecule has 0 bridgehead atoms. The maximum atomic E-state index is 10.9. The van der Waals surface area contributed by atoms with Crippen LogP contribution >= 0.6 is 0 Å². The number of aromatic nitrogens is 2. The van der Waals surface area contributed by atoms with Gasteiger partial charge in [-0.2, -0.15) is 0 Å². The van der Waals surface area contributed by atoms with E-state index in [0.717, 1.165) is 11.3 Å². The minimum atomic E-state index is -1.11. The van der Waals surface area contributed by atoms with Gasteiger partial charge in [0, 0.05) is 17.8 Å². The van der Waals surface area contributed by atoms with E-state index in [1.165, 1.54) is 0 Å². The van der Waals surface area contributed by atoms with E-state index in [0.29, 0.717) is 17.8 Å². The highest BCUT2D eigenvalue weighted by atomic mass is 16.5. The lowest BCUT2D eigenvalue weighted by atomic mass is 10.1. The lowest BCUT2D eigenvalue weighted by Crippen LogP contribution is -2.08. The Hall–Kier alpha value is -2.43. The summed E-state index contributed by atoms with van der Waals surface area (Å²) in [6.07, 6.45) is 0.563. The Morgan fingerprint density at radius 1 is 1.26 bits per heavy atom. The van der Waals surface area contributed by atoms with Crippen LogP contribution in [0.4, 0.5) is 0 Å². The normalized spacial score (nSPS) is 10.2. The number of carboxylic acids is 1. The first kappa shape index (κ1) is 13.0. The van der Waals surface area contributed by atoms with Crippen molar-refractivity contribution in [3.63, 3.8) is 0 Å². The van der Waals surface area contributed by atoms with Crippen LogP contribution in [0.3, 0.4) is 0 Å². The number of rotatable bonds is 4. The van der Waals surface area contributed by atoms with Crippen molar-refractivity contribution in [1.82, 2.24) is 9.97 Å². The molecule has 0 aliphatic heterocycles. The number of carboxylic acid groups (broad SMARTS) is 1. The quantitative estimate of drug-likeness (QED) is 0.909. The molecule has 0 radical (unpaired) electrons. The molecule has 2 rings (SSSR count). The third kappa shape index (κ3) is 3.28. The number of hydrogen-bond donors (Lipinski definition) is 1. The zero-order chi connectivity index (χ0) is 13.8. The van der Waals surface area contributed by atoms with Crippen molar-refractivity contribution < 1.29 is 14.6 Å². The van der Waals surface area contributed by atoms with Crippen LogP contribution in [0, 0.1) is 6.92 Å². The molecule has 0 saturated heterocycles. The Bertz CT molecular complexity index is 594. The number of ether oxygens (including phenoxy) is 1. The highest BCUT2D eigenvalue weighted by Gasteiger charge is 2.09. The van der Waals surface area contributed by atoms with Crippen molar-refractivity contribution in [1.29, 1.82) is 0 Å². The second kappa shape index (κ2) is 5.48. The zero-order valence-corrected chi connectivity index (χ0v) is 10.8. The van der Waals surface area contributed by atoms with E-state index in [2.05, 4.69) is 9.97 Å². The van der Waals surface area contributed by atoms with Gasteiger partial charge >= 0.3 is 5.97 Å². The van der Waals surface area contributed by atoms with Crippen LogP contribution in [0.25, 0.3) is 0 Å². The molecule has 2 aromatic rings. The van der Waals surface area contributed by atoms with E-state index in [9.17, 15) is 4.79 Å². The Morgan fingerprint density at radius 3 is 2.53 bits per heavy atom. The van der Waals surface area contributed by atoms with Gasteiger partial charge in [0.25, 0.3) is 0 Å².